The highest BCUT2D eigenvalue weighted by molar-refractivity contribution is 6.17. The highest BCUT2D eigenvalue weighted by Crippen LogP contribution is 2.45. The number of nitrogens with one attached hydrogen (secondary N) is 2. The summed E-state index contributed by atoms with van der Waals surface area (Å²) in [7, 11) is 0. The van der Waals surface area contributed by atoms with Crippen LogP contribution in [-0.4, -0.2) is 34.2 Å². The maximum Gasteiger partial charge on any atom is 0.260 e. The van der Waals surface area contributed by atoms with Gasteiger partial charge < -0.3 is 15.2 Å². The summed E-state index contributed by atoms with van der Waals surface area (Å²) in [5.41, 5.74) is 3.82. The molecule has 2 aliphatic rings. The van der Waals surface area contributed by atoms with Crippen LogP contribution in [0.5, 0.6) is 0 Å². The maximum atomic E-state index is 13.4. The Bertz CT molecular complexity index is 1420. The van der Waals surface area contributed by atoms with Gasteiger partial charge in [0.25, 0.3) is 11.8 Å². The van der Waals surface area contributed by atoms with Crippen LogP contribution in [-0.2, 0) is 4.79 Å². The number of carbonyl (C=O) groups excluding carboxylic acids is 3. The van der Waals surface area contributed by atoms with Crippen molar-refractivity contribution in [3.8, 4) is 0 Å². The first-order valence-corrected chi connectivity index (χ1v) is 10.3. The van der Waals surface area contributed by atoms with Gasteiger partial charge in [0.2, 0.25) is 5.91 Å². The van der Waals surface area contributed by atoms with Crippen LogP contribution in [0.15, 0.2) is 79.0 Å². The predicted octanol–water partition coefficient (Wildman–Crippen LogP) is 3.92. The van der Waals surface area contributed by atoms with Gasteiger partial charge in [-0.15, -0.1) is 0 Å². The van der Waals surface area contributed by atoms with Crippen molar-refractivity contribution in [1.29, 1.82) is 0 Å². The van der Waals surface area contributed by atoms with E-state index in [4.69, 9.17) is 0 Å². The van der Waals surface area contributed by atoms with Crippen LogP contribution in [0.2, 0.25) is 0 Å². The van der Waals surface area contributed by atoms with E-state index in [1.54, 1.807) is 41.3 Å². The Morgan fingerprint density at radius 3 is 2.53 bits per heavy atom. The van der Waals surface area contributed by atoms with Crippen molar-refractivity contribution in [3.63, 3.8) is 0 Å². The summed E-state index contributed by atoms with van der Waals surface area (Å²) in [4.78, 5) is 45.9. The molecule has 4 aromatic rings. The Labute approximate surface area is 183 Å². The molecule has 0 unspecified atom stereocenters. The van der Waals surface area contributed by atoms with E-state index in [1.165, 1.54) is 4.90 Å². The monoisotopic (exact) mass is 422 g/mol. The largest absolute Gasteiger partial charge is 0.361 e. The summed E-state index contributed by atoms with van der Waals surface area (Å²) in [6.45, 7) is -0.184. The molecule has 0 aliphatic carbocycles. The maximum absolute atomic E-state index is 13.4. The number of aromatic amines is 1. The normalized spacial score (nSPS) is 16.7. The Balaban J connectivity index is 1.39. The number of para-hydroxylation sites is 1. The van der Waals surface area contributed by atoms with Gasteiger partial charge >= 0.3 is 0 Å². The van der Waals surface area contributed by atoms with Gasteiger partial charge in [-0.05, 0) is 36.4 Å². The fraction of sp³-hybridized carbons (Fsp3) is 0.0800. The third-order valence-electron chi connectivity index (χ3n) is 6.07. The standard InChI is InChI=1S/C25H18N4O3/c30-22(27-20-10-5-9-19-17(20)12-13-26-19)14-28-23-15-6-1-2-7-16(15)25(32)29(23)21-11-4-3-8-18(21)24(28)31/h1-13,23,26H,14H2,(H,27,30)/t23-/m0/s1. The molecule has 0 bridgehead atoms. The van der Waals surface area contributed by atoms with Gasteiger partial charge in [0, 0.05) is 28.2 Å². The number of amides is 3. The number of benzene rings is 3. The van der Waals surface area contributed by atoms with Crippen molar-refractivity contribution < 1.29 is 14.4 Å². The first-order valence-electron chi connectivity index (χ1n) is 10.3. The van der Waals surface area contributed by atoms with Gasteiger partial charge in [0.1, 0.15) is 12.7 Å². The van der Waals surface area contributed by atoms with E-state index in [1.807, 2.05) is 42.6 Å². The number of hydrogen-bond acceptors (Lipinski definition) is 3. The minimum Gasteiger partial charge on any atom is -0.361 e. The molecule has 7 heteroatoms. The summed E-state index contributed by atoms with van der Waals surface area (Å²) in [6, 6.07) is 21.8. The van der Waals surface area contributed by atoms with E-state index in [-0.39, 0.29) is 24.3 Å². The molecule has 0 radical (unpaired) electrons. The van der Waals surface area contributed by atoms with Crippen LogP contribution in [0.3, 0.4) is 0 Å². The van der Waals surface area contributed by atoms with E-state index in [2.05, 4.69) is 10.3 Å². The summed E-state index contributed by atoms with van der Waals surface area (Å²) < 4.78 is 0. The van der Waals surface area contributed by atoms with E-state index < -0.39 is 6.17 Å². The summed E-state index contributed by atoms with van der Waals surface area (Å²) in [6.07, 6.45) is 1.15. The molecule has 1 atom stereocenters. The number of nitrogens with zero attached hydrogens (tertiary/aromatic N) is 2. The number of aromatic nitrogens is 1. The molecule has 2 aliphatic heterocycles. The molecule has 0 spiro atoms. The zero-order valence-corrected chi connectivity index (χ0v) is 16.9. The van der Waals surface area contributed by atoms with Gasteiger partial charge in [-0.2, -0.15) is 0 Å². The SMILES string of the molecule is O=C(CN1C(=O)c2ccccc2N2C(=O)c3ccccc3[C@@H]12)Nc1cccc2[nH]ccc12. The Kier molecular flexibility index (Phi) is 3.91. The lowest BCUT2D eigenvalue weighted by atomic mass is 10.0. The molecule has 0 saturated heterocycles. The number of carbonyl (C=O) groups is 3. The average molecular weight is 422 g/mol. The molecule has 3 aromatic carbocycles. The topological polar surface area (TPSA) is 85.5 Å². The third-order valence-corrected chi connectivity index (χ3v) is 6.07. The second kappa shape index (κ2) is 6.81. The van der Waals surface area contributed by atoms with Crippen molar-refractivity contribution >= 4 is 40.0 Å². The number of fused-ring (bicyclic) bond motifs is 6. The molecule has 3 amide bonds. The number of H-pyrrole nitrogens is 1. The molecular weight excluding hydrogens is 404 g/mol. The molecule has 0 saturated carbocycles. The lowest BCUT2D eigenvalue weighted by Crippen LogP contribution is -2.50. The lowest BCUT2D eigenvalue weighted by molar-refractivity contribution is -0.117. The molecule has 6 rings (SSSR count). The summed E-state index contributed by atoms with van der Waals surface area (Å²) >= 11 is 0. The Morgan fingerprint density at radius 2 is 1.66 bits per heavy atom. The molecule has 156 valence electrons. The van der Waals surface area contributed by atoms with Crippen LogP contribution in [0.4, 0.5) is 11.4 Å². The minimum atomic E-state index is -0.657. The summed E-state index contributed by atoms with van der Waals surface area (Å²) in [5.74, 6) is -0.780. The Morgan fingerprint density at radius 1 is 0.875 bits per heavy atom. The fourth-order valence-corrected chi connectivity index (χ4v) is 4.67. The van der Waals surface area contributed by atoms with Crippen LogP contribution in [0.25, 0.3) is 10.9 Å². The summed E-state index contributed by atoms with van der Waals surface area (Å²) in [5, 5.41) is 3.81. The van der Waals surface area contributed by atoms with Crippen molar-refractivity contribution in [3.05, 3.63) is 95.7 Å². The predicted molar refractivity (Wildman–Crippen MR) is 120 cm³/mol. The molecule has 1 aromatic heterocycles. The first kappa shape index (κ1) is 18.4. The Hall–Kier alpha value is -4.39. The molecule has 7 nitrogen and oxygen atoms in total. The number of anilines is 2. The quantitative estimate of drug-likeness (QED) is 0.525. The van der Waals surface area contributed by atoms with E-state index in [0.717, 1.165) is 16.5 Å². The van der Waals surface area contributed by atoms with Crippen LogP contribution in [0.1, 0.15) is 32.4 Å². The molecule has 3 heterocycles. The highest BCUT2D eigenvalue weighted by atomic mass is 16.2. The van der Waals surface area contributed by atoms with Gasteiger partial charge in [-0.3, -0.25) is 19.3 Å². The van der Waals surface area contributed by atoms with Crippen LogP contribution >= 0.6 is 0 Å². The molecular formula is C25H18N4O3. The second-order valence-electron chi connectivity index (χ2n) is 7.88. The average Bonchev–Trinajstić information content (AvgIpc) is 3.41. The van der Waals surface area contributed by atoms with E-state index in [0.29, 0.717) is 22.5 Å². The van der Waals surface area contributed by atoms with Gasteiger partial charge in [-0.1, -0.05) is 36.4 Å². The third kappa shape index (κ3) is 2.58. The van der Waals surface area contributed by atoms with Gasteiger partial charge in [0.05, 0.1) is 16.9 Å². The lowest BCUT2D eigenvalue weighted by Gasteiger charge is -2.40. The minimum absolute atomic E-state index is 0.173. The highest BCUT2D eigenvalue weighted by Gasteiger charge is 2.48. The van der Waals surface area contributed by atoms with Crippen LogP contribution in [0, 0.1) is 0 Å². The number of hydrogen-bond donors (Lipinski definition) is 2. The smallest absolute Gasteiger partial charge is 0.260 e. The fourth-order valence-electron chi connectivity index (χ4n) is 4.67. The van der Waals surface area contributed by atoms with Crippen molar-refractivity contribution in [2.45, 2.75) is 6.17 Å². The molecule has 2 N–H and O–H groups in total. The van der Waals surface area contributed by atoms with Crippen molar-refractivity contribution in [1.82, 2.24) is 9.88 Å². The zero-order valence-electron chi connectivity index (χ0n) is 16.9. The van der Waals surface area contributed by atoms with E-state index >= 15 is 0 Å². The number of rotatable bonds is 3. The molecule has 32 heavy (non-hydrogen) atoms. The second-order valence-corrected chi connectivity index (χ2v) is 7.88. The first-order chi connectivity index (χ1) is 15.6. The van der Waals surface area contributed by atoms with Crippen LogP contribution < -0.4 is 10.2 Å². The van der Waals surface area contributed by atoms with Gasteiger partial charge in [0.15, 0.2) is 0 Å². The van der Waals surface area contributed by atoms with Crippen molar-refractivity contribution in [2.75, 3.05) is 16.8 Å². The molecule has 0 fully saturated rings. The van der Waals surface area contributed by atoms with Gasteiger partial charge in [-0.25, -0.2) is 0 Å². The zero-order chi connectivity index (χ0) is 21.8. The van der Waals surface area contributed by atoms with E-state index in [9.17, 15) is 14.4 Å². The van der Waals surface area contributed by atoms with Crippen molar-refractivity contribution in [2.24, 2.45) is 0 Å².